The van der Waals surface area contributed by atoms with Crippen LogP contribution in [0.2, 0.25) is 0 Å². The predicted molar refractivity (Wildman–Crippen MR) is 93.2 cm³/mol. The lowest BCUT2D eigenvalue weighted by Crippen LogP contribution is -2.26. The molecule has 0 fully saturated rings. The molecule has 0 aromatic rings. The molecule has 0 aromatic heterocycles. The fourth-order valence-corrected chi connectivity index (χ4v) is 2.59. The smallest absolute Gasteiger partial charge is 0.308 e. The Morgan fingerprint density at radius 3 is 2.62 bits per heavy atom. The van der Waals surface area contributed by atoms with Gasteiger partial charge in [0.1, 0.15) is 6.61 Å². The lowest BCUT2D eigenvalue weighted by molar-refractivity contribution is -0.146. The molecule has 0 saturated heterocycles. The molecule has 0 heterocycles. The zero-order valence-corrected chi connectivity index (χ0v) is 14.7. The number of carbonyl (C=O) groups excluding carboxylic acids is 1. The van der Waals surface area contributed by atoms with Gasteiger partial charge in [0, 0.05) is 0 Å². The molecule has 0 bridgehead atoms. The highest BCUT2D eigenvalue weighted by molar-refractivity contribution is 5.71. The highest BCUT2D eigenvalue weighted by Gasteiger charge is 2.25. The lowest BCUT2D eigenvalue weighted by Gasteiger charge is -2.28. The van der Waals surface area contributed by atoms with Crippen molar-refractivity contribution < 1.29 is 24.9 Å². The summed E-state index contributed by atoms with van der Waals surface area (Å²) >= 11 is 0. The second-order valence-electron chi connectivity index (χ2n) is 6.75. The number of hydrogen-bond acceptors (Lipinski definition) is 5. The number of carbonyl (C=O) groups is 1. The van der Waals surface area contributed by atoms with Gasteiger partial charge in [-0.1, -0.05) is 38.7 Å². The minimum atomic E-state index is -0.734. The van der Waals surface area contributed by atoms with Gasteiger partial charge in [-0.2, -0.15) is 0 Å². The van der Waals surface area contributed by atoms with E-state index in [-0.39, 0.29) is 31.0 Å². The van der Waals surface area contributed by atoms with Crippen LogP contribution in [0.4, 0.5) is 0 Å². The molecule has 0 amide bonds. The topological polar surface area (TPSA) is 87.0 Å². The van der Waals surface area contributed by atoms with E-state index >= 15 is 0 Å². The number of aliphatic hydroxyl groups is 3. The number of ether oxygens (including phenoxy) is 1. The SMILES string of the molecule is C=C(CO)C(O)CCC(=C)C1CC=C(COC(=O)C(C)C)C(O)C1. The summed E-state index contributed by atoms with van der Waals surface area (Å²) in [5, 5.41) is 29.0. The fraction of sp³-hybridized carbons (Fsp3) is 0.632. The first-order valence-corrected chi connectivity index (χ1v) is 8.44. The molecule has 3 atom stereocenters. The number of aliphatic hydroxyl groups excluding tert-OH is 3. The predicted octanol–water partition coefficient (Wildman–Crippen LogP) is 2.13. The van der Waals surface area contributed by atoms with Gasteiger partial charge >= 0.3 is 5.97 Å². The van der Waals surface area contributed by atoms with Gasteiger partial charge in [0.2, 0.25) is 0 Å². The zero-order chi connectivity index (χ0) is 18.3. The molecule has 0 aliphatic heterocycles. The van der Waals surface area contributed by atoms with Crippen LogP contribution in [0.1, 0.15) is 39.5 Å². The molecule has 136 valence electrons. The van der Waals surface area contributed by atoms with Gasteiger partial charge < -0.3 is 20.1 Å². The first-order chi connectivity index (χ1) is 11.3. The molecule has 3 N–H and O–H groups in total. The Kier molecular flexibility index (Phi) is 8.39. The van der Waals surface area contributed by atoms with E-state index in [4.69, 9.17) is 9.84 Å². The van der Waals surface area contributed by atoms with Crippen molar-refractivity contribution in [3.8, 4) is 0 Å². The van der Waals surface area contributed by atoms with Crippen molar-refractivity contribution in [1.82, 2.24) is 0 Å². The van der Waals surface area contributed by atoms with Crippen LogP contribution in [0.15, 0.2) is 36.0 Å². The molecule has 3 unspecified atom stereocenters. The highest BCUT2D eigenvalue weighted by Crippen LogP contribution is 2.31. The second kappa shape index (κ2) is 9.77. The number of allylic oxidation sites excluding steroid dienone is 2. The minimum absolute atomic E-state index is 0.131. The van der Waals surface area contributed by atoms with Crippen LogP contribution >= 0.6 is 0 Å². The van der Waals surface area contributed by atoms with Gasteiger partial charge in [-0.25, -0.2) is 0 Å². The van der Waals surface area contributed by atoms with Crippen LogP contribution in [0, 0.1) is 11.8 Å². The van der Waals surface area contributed by atoms with E-state index in [1.165, 1.54) is 0 Å². The summed E-state index contributed by atoms with van der Waals surface area (Å²) in [6, 6.07) is 0. The van der Waals surface area contributed by atoms with E-state index in [0.717, 1.165) is 17.6 Å². The zero-order valence-electron chi connectivity index (χ0n) is 14.7. The molecule has 0 radical (unpaired) electrons. The molecule has 24 heavy (non-hydrogen) atoms. The van der Waals surface area contributed by atoms with Crippen LogP contribution in [0.3, 0.4) is 0 Å². The van der Waals surface area contributed by atoms with Crippen molar-refractivity contribution in [3.05, 3.63) is 36.0 Å². The number of hydrogen-bond donors (Lipinski definition) is 3. The van der Waals surface area contributed by atoms with Crippen molar-refractivity contribution >= 4 is 5.97 Å². The van der Waals surface area contributed by atoms with E-state index in [1.807, 2.05) is 6.08 Å². The van der Waals surface area contributed by atoms with Crippen LogP contribution in [0.5, 0.6) is 0 Å². The summed E-state index contributed by atoms with van der Waals surface area (Å²) < 4.78 is 5.17. The summed E-state index contributed by atoms with van der Waals surface area (Å²) in [6.45, 7) is 11.1. The van der Waals surface area contributed by atoms with Crippen molar-refractivity contribution in [2.24, 2.45) is 11.8 Å². The van der Waals surface area contributed by atoms with Crippen LogP contribution in [-0.2, 0) is 9.53 Å². The highest BCUT2D eigenvalue weighted by atomic mass is 16.5. The average Bonchev–Trinajstić information content (AvgIpc) is 2.56. The average molecular weight is 338 g/mol. The molecule has 1 rings (SSSR count). The van der Waals surface area contributed by atoms with Gasteiger partial charge in [-0.15, -0.1) is 0 Å². The summed E-state index contributed by atoms with van der Waals surface area (Å²) in [5.41, 5.74) is 2.11. The Labute approximate surface area is 144 Å². The van der Waals surface area contributed by atoms with Gasteiger partial charge in [-0.05, 0) is 42.7 Å². The van der Waals surface area contributed by atoms with Crippen molar-refractivity contribution in [2.45, 2.75) is 51.7 Å². The summed E-state index contributed by atoms with van der Waals surface area (Å²) in [5.74, 6) is -0.314. The fourth-order valence-electron chi connectivity index (χ4n) is 2.59. The van der Waals surface area contributed by atoms with Crippen molar-refractivity contribution in [3.63, 3.8) is 0 Å². The normalized spacial score (nSPS) is 22.0. The Morgan fingerprint density at radius 1 is 1.42 bits per heavy atom. The lowest BCUT2D eigenvalue weighted by atomic mass is 9.81. The second-order valence-corrected chi connectivity index (χ2v) is 6.75. The third kappa shape index (κ3) is 6.23. The molecule has 1 aliphatic carbocycles. The van der Waals surface area contributed by atoms with E-state index in [9.17, 15) is 15.0 Å². The Bertz CT molecular complexity index is 492. The maximum atomic E-state index is 11.5. The first kappa shape index (κ1) is 20.6. The Hall–Kier alpha value is -1.43. The molecule has 5 nitrogen and oxygen atoms in total. The van der Waals surface area contributed by atoms with Crippen LogP contribution in [-0.4, -0.2) is 46.7 Å². The first-order valence-electron chi connectivity index (χ1n) is 8.44. The Morgan fingerprint density at radius 2 is 2.08 bits per heavy atom. The molecule has 0 aromatic carbocycles. The molecule has 0 spiro atoms. The Balaban J connectivity index is 2.47. The standard InChI is InChI=1S/C19H30O5/c1-12(2)19(23)24-11-16-7-6-15(9-18(16)22)13(3)5-8-17(21)14(4)10-20/h7,12,15,17-18,20-22H,3-6,8-11H2,1-2H3. The monoisotopic (exact) mass is 338 g/mol. The molecular formula is C19H30O5. The summed E-state index contributed by atoms with van der Waals surface area (Å²) in [4.78, 5) is 11.5. The van der Waals surface area contributed by atoms with Gasteiger partial charge in [0.05, 0.1) is 24.7 Å². The molecular weight excluding hydrogens is 308 g/mol. The minimum Gasteiger partial charge on any atom is -0.461 e. The molecule has 0 saturated carbocycles. The van der Waals surface area contributed by atoms with Gasteiger partial charge in [0.15, 0.2) is 0 Å². The van der Waals surface area contributed by atoms with E-state index in [1.54, 1.807) is 13.8 Å². The summed E-state index contributed by atoms with van der Waals surface area (Å²) in [7, 11) is 0. The number of rotatable bonds is 9. The largest absolute Gasteiger partial charge is 0.461 e. The van der Waals surface area contributed by atoms with E-state index in [2.05, 4.69) is 13.2 Å². The van der Waals surface area contributed by atoms with Gasteiger partial charge in [-0.3, -0.25) is 4.79 Å². The van der Waals surface area contributed by atoms with Crippen LogP contribution < -0.4 is 0 Å². The molecule has 1 aliphatic rings. The third-order valence-corrected chi connectivity index (χ3v) is 4.44. The van der Waals surface area contributed by atoms with Crippen molar-refractivity contribution in [1.29, 1.82) is 0 Å². The van der Waals surface area contributed by atoms with E-state index in [0.29, 0.717) is 24.8 Å². The summed E-state index contributed by atoms with van der Waals surface area (Å²) in [6.07, 6.45) is 2.90. The van der Waals surface area contributed by atoms with E-state index < -0.39 is 12.2 Å². The number of esters is 1. The van der Waals surface area contributed by atoms with Crippen molar-refractivity contribution in [2.75, 3.05) is 13.2 Å². The quantitative estimate of drug-likeness (QED) is 0.443. The third-order valence-electron chi connectivity index (χ3n) is 4.44. The molecule has 5 heteroatoms. The van der Waals surface area contributed by atoms with Crippen LogP contribution in [0.25, 0.3) is 0 Å². The van der Waals surface area contributed by atoms with Gasteiger partial charge in [0.25, 0.3) is 0 Å². The maximum Gasteiger partial charge on any atom is 0.308 e. The maximum absolute atomic E-state index is 11.5.